The maximum atomic E-state index is 9.46. The average Bonchev–Trinajstić information content (AvgIpc) is 1.61. The van der Waals surface area contributed by atoms with Gasteiger partial charge in [-0.25, -0.2) is 5.11 Å². The molecule has 6 heavy (non-hydrogen) atoms. The molecule has 0 aliphatic carbocycles. The number of nitrogens with zero attached hydrogens (tertiary/aromatic N) is 1. The molecular formula is C3H6NO2. The molecule has 0 fully saturated rings. The summed E-state index contributed by atoms with van der Waals surface area (Å²) in [6.45, 7) is -0.312. The highest BCUT2D eigenvalue weighted by atomic mass is 16.6. The van der Waals surface area contributed by atoms with E-state index in [0.717, 1.165) is 6.21 Å². The summed E-state index contributed by atoms with van der Waals surface area (Å²) in [5, 5.41) is 12.6. The fourth-order valence-electron chi connectivity index (χ4n) is 0.105. The number of oxime groups is 1. The van der Waals surface area contributed by atoms with E-state index in [0.29, 0.717) is 0 Å². The van der Waals surface area contributed by atoms with Crippen molar-refractivity contribution in [3.8, 4) is 0 Å². The first-order valence-corrected chi connectivity index (χ1v) is 1.55. The largest absolute Gasteiger partial charge is 0.399 e. The first-order valence-electron chi connectivity index (χ1n) is 1.55. The molecule has 0 aliphatic heterocycles. The van der Waals surface area contributed by atoms with Crippen LogP contribution in [0.3, 0.4) is 0 Å². The van der Waals surface area contributed by atoms with Crippen molar-refractivity contribution in [3.05, 3.63) is 0 Å². The lowest BCUT2D eigenvalue weighted by Gasteiger charge is -1.77. The van der Waals surface area contributed by atoms with Crippen LogP contribution in [0.5, 0.6) is 0 Å². The molecule has 0 spiro atoms. The first-order chi connectivity index (χ1) is 2.91. The zero-order chi connectivity index (χ0) is 4.83. The van der Waals surface area contributed by atoms with Gasteiger partial charge in [-0.1, -0.05) is 5.16 Å². The van der Waals surface area contributed by atoms with Crippen LogP contribution in [0.15, 0.2) is 5.16 Å². The molecule has 0 saturated heterocycles. The zero-order valence-electron chi connectivity index (χ0n) is 3.55. The summed E-state index contributed by atoms with van der Waals surface area (Å²) in [6, 6.07) is 0. The van der Waals surface area contributed by atoms with Crippen molar-refractivity contribution < 1.29 is 9.94 Å². The molecule has 0 atom stereocenters. The minimum atomic E-state index is -0.312. The summed E-state index contributed by atoms with van der Waals surface area (Å²) in [5.41, 5.74) is 0. The van der Waals surface area contributed by atoms with E-state index in [2.05, 4.69) is 9.99 Å². The number of hydrogen-bond donors (Lipinski definition) is 0. The van der Waals surface area contributed by atoms with Crippen molar-refractivity contribution in [1.82, 2.24) is 0 Å². The highest BCUT2D eigenvalue weighted by molar-refractivity contribution is 5.56. The third-order valence-electron chi connectivity index (χ3n) is 0.254. The summed E-state index contributed by atoms with van der Waals surface area (Å²) < 4.78 is 0. The maximum absolute atomic E-state index is 9.46. The molecule has 0 aromatic carbocycles. The summed E-state index contributed by atoms with van der Waals surface area (Å²) >= 11 is 0. The van der Waals surface area contributed by atoms with Crippen LogP contribution < -0.4 is 0 Å². The van der Waals surface area contributed by atoms with Crippen molar-refractivity contribution in [2.75, 3.05) is 13.7 Å². The summed E-state index contributed by atoms with van der Waals surface area (Å²) in [4.78, 5) is 4.15. The smallest absolute Gasteiger partial charge is 0.121 e. The molecule has 3 heteroatoms. The first kappa shape index (κ1) is 5.43. The summed E-state index contributed by atoms with van der Waals surface area (Å²) in [6.07, 6.45) is 1.15. The molecule has 0 rings (SSSR count). The van der Waals surface area contributed by atoms with Gasteiger partial charge in [0, 0.05) is 0 Å². The molecule has 0 unspecified atom stereocenters. The summed E-state index contributed by atoms with van der Waals surface area (Å²) in [5.74, 6) is 0. The normalized spacial score (nSPS) is 9.67. The lowest BCUT2D eigenvalue weighted by molar-refractivity contribution is 0.203. The highest BCUT2D eigenvalue weighted by Crippen LogP contribution is 1.59. The van der Waals surface area contributed by atoms with Crippen LogP contribution in [0.2, 0.25) is 0 Å². The minimum absolute atomic E-state index is 0.312. The molecule has 0 bridgehead atoms. The standard InChI is InChI=1S/C3H6NO2/c1-6-4-2-3-5/h2H,3H2,1H3. The molecule has 1 radical (unpaired) electrons. The van der Waals surface area contributed by atoms with E-state index in [4.69, 9.17) is 0 Å². The van der Waals surface area contributed by atoms with Crippen LogP contribution in [-0.4, -0.2) is 19.9 Å². The molecule has 0 aromatic rings. The van der Waals surface area contributed by atoms with Gasteiger partial charge in [-0.15, -0.1) is 0 Å². The Balaban J connectivity index is 2.73. The lowest BCUT2D eigenvalue weighted by atomic mass is 10.8. The molecular weight excluding hydrogens is 82.0 g/mol. The Morgan fingerprint density at radius 1 is 2.00 bits per heavy atom. The van der Waals surface area contributed by atoms with Crippen LogP contribution in [0.1, 0.15) is 0 Å². The second-order valence-corrected chi connectivity index (χ2v) is 0.637. The average molecular weight is 88.1 g/mol. The van der Waals surface area contributed by atoms with E-state index in [-0.39, 0.29) is 6.61 Å². The predicted octanol–water partition coefficient (Wildman–Crippen LogP) is 0.0491. The second kappa shape index (κ2) is 4.43. The van der Waals surface area contributed by atoms with Crippen molar-refractivity contribution in [2.45, 2.75) is 0 Å². The highest BCUT2D eigenvalue weighted by Gasteiger charge is 1.62. The minimum Gasteiger partial charge on any atom is -0.399 e. The maximum Gasteiger partial charge on any atom is 0.121 e. The van der Waals surface area contributed by atoms with Crippen LogP contribution in [0.4, 0.5) is 0 Å². The van der Waals surface area contributed by atoms with Gasteiger partial charge in [0.1, 0.15) is 13.7 Å². The fraction of sp³-hybridized carbons (Fsp3) is 0.667. The van der Waals surface area contributed by atoms with Gasteiger partial charge in [-0.2, -0.15) is 0 Å². The van der Waals surface area contributed by atoms with Gasteiger partial charge in [-0.3, -0.25) is 0 Å². The lowest BCUT2D eigenvalue weighted by Crippen LogP contribution is -1.78. The van der Waals surface area contributed by atoms with Gasteiger partial charge in [-0.05, 0) is 0 Å². The molecule has 0 aromatic heterocycles. The Bertz CT molecular complexity index is 38.1. The van der Waals surface area contributed by atoms with E-state index in [1.165, 1.54) is 7.11 Å². The molecule has 0 amide bonds. The molecule has 0 saturated carbocycles. The van der Waals surface area contributed by atoms with Crippen LogP contribution >= 0.6 is 0 Å². The fourth-order valence-corrected chi connectivity index (χ4v) is 0.105. The number of hydrogen-bond acceptors (Lipinski definition) is 2. The Labute approximate surface area is 36.2 Å². The van der Waals surface area contributed by atoms with Gasteiger partial charge in [0.2, 0.25) is 0 Å². The molecule has 3 nitrogen and oxygen atoms in total. The van der Waals surface area contributed by atoms with Crippen molar-refractivity contribution in [1.29, 1.82) is 0 Å². The van der Waals surface area contributed by atoms with Gasteiger partial charge in [0.05, 0.1) is 6.21 Å². The van der Waals surface area contributed by atoms with Gasteiger partial charge < -0.3 is 4.84 Å². The Morgan fingerprint density at radius 3 is 2.83 bits per heavy atom. The monoisotopic (exact) mass is 88.0 g/mol. The molecule has 0 N–H and O–H groups in total. The van der Waals surface area contributed by atoms with Crippen molar-refractivity contribution in [2.24, 2.45) is 5.16 Å². The summed E-state index contributed by atoms with van der Waals surface area (Å²) in [7, 11) is 1.40. The molecule has 0 heterocycles. The molecule has 35 valence electrons. The number of rotatable bonds is 2. The predicted molar refractivity (Wildman–Crippen MR) is 21.1 cm³/mol. The zero-order valence-corrected chi connectivity index (χ0v) is 3.55. The third-order valence-corrected chi connectivity index (χ3v) is 0.254. The quantitative estimate of drug-likeness (QED) is 0.347. The Morgan fingerprint density at radius 2 is 2.67 bits per heavy atom. The van der Waals surface area contributed by atoms with E-state index in [9.17, 15) is 5.11 Å². The van der Waals surface area contributed by atoms with E-state index >= 15 is 0 Å². The van der Waals surface area contributed by atoms with Crippen LogP contribution in [-0.2, 0) is 9.94 Å². The second-order valence-electron chi connectivity index (χ2n) is 0.637. The topological polar surface area (TPSA) is 41.5 Å². The van der Waals surface area contributed by atoms with E-state index in [1.54, 1.807) is 0 Å². The van der Waals surface area contributed by atoms with Gasteiger partial charge in [0.15, 0.2) is 0 Å². The Kier molecular flexibility index (Phi) is 4.01. The Hall–Kier alpha value is -0.570. The van der Waals surface area contributed by atoms with Crippen molar-refractivity contribution in [3.63, 3.8) is 0 Å². The molecule has 0 aliphatic rings. The van der Waals surface area contributed by atoms with Crippen molar-refractivity contribution >= 4 is 6.21 Å². The van der Waals surface area contributed by atoms with Crippen LogP contribution in [0, 0.1) is 0 Å². The van der Waals surface area contributed by atoms with E-state index in [1.807, 2.05) is 0 Å². The third kappa shape index (κ3) is 3.43. The van der Waals surface area contributed by atoms with Gasteiger partial charge in [0.25, 0.3) is 0 Å². The van der Waals surface area contributed by atoms with Gasteiger partial charge >= 0.3 is 0 Å². The SMILES string of the molecule is CON=CC[O]. The van der Waals surface area contributed by atoms with E-state index < -0.39 is 0 Å². The van der Waals surface area contributed by atoms with Crippen LogP contribution in [0.25, 0.3) is 0 Å².